The van der Waals surface area contributed by atoms with E-state index in [1.165, 1.54) is 18.1 Å². The number of anilines is 1. The van der Waals surface area contributed by atoms with Crippen molar-refractivity contribution in [1.82, 2.24) is 4.90 Å². The normalized spacial score (nSPS) is 9.57. The van der Waals surface area contributed by atoms with Gasteiger partial charge < -0.3 is 20.1 Å². The molecule has 7 heteroatoms. The van der Waals surface area contributed by atoms with Crippen LogP contribution in [0, 0.1) is 11.3 Å². The Bertz CT molecular complexity index is 566. The predicted octanol–water partition coefficient (Wildman–Crippen LogP) is 1.90. The van der Waals surface area contributed by atoms with Gasteiger partial charge in [-0.15, -0.1) is 0 Å². The van der Waals surface area contributed by atoms with Gasteiger partial charge in [-0.05, 0) is 18.6 Å². The number of hydrogen-bond donors (Lipinski definition) is 2. The van der Waals surface area contributed by atoms with E-state index in [2.05, 4.69) is 5.32 Å². The van der Waals surface area contributed by atoms with Crippen LogP contribution in [0.25, 0.3) is 0 Å². The Hall–Kier alpha value is -2.75. The lowest BCUT2D eigenvalue weighted by Gasteiger charge is -2.18. The summed E-state index contributed by atoms with van der Waals surface area (Å²) >= 11 is 0. The van der Waals surface area contributed by atoms with Crippen molar-refractivity contribution < 1.29 is 19.4 Å². The minimum absolute atomic E-state index is 0.0117. The van der Waals surface area contributed by atoms with E-state index in [0.717, 1.165) is 0 Å². The van der Waals surface area contributed by atoms with Gasteiger partial charge in [-0.25, -0.2) is 4.79 Å². The van der Waals surface area contributed by atoms with E-state index >= 15 is 0 Å². The Morgan fingerprint density at radius 2 is 2.19 bits per heavy atom. The van der Waals surface area contributed by atoms with E-state index in [1.807, 2.05) is 6.07 Å². The van der Waals surface area contributed by atoms with Gasteiger partial charge in [0.25, 0.3) is 0 Å². The summed E-state index contributed by atoms with van der Waals surface area (Å²) in [6, 6.07) is 6.30. The van der Waals surface area contributed by atoms with Crippen LogP contribution in [0.3, 0.4) is 0 Å². The van der Waals surface area contributed by atoms with Gasteiger partial charge in [0, 0.05) is 26.1 Å². The van der Waals surface area contributed by atoms with E-state index < -0.39 is 5.97 Å². The summed E-state index contributed by atoms with van der Waals surface area (Å²) in [4.78, 5) is 23.8. The van der Waals surface area contributed by atoms with Gasteiger partial charge in [0.15, 0.2) is 0 Å². The lowest BCUT2D eigenvalue weighted by Crippen LogP contribution is -2.32. The molecule has 0 aliphatic rings. The smallest absolute Gasteiger partial charge is 0.321 e. The highest BCUT2D eigenvalue weighted by Crippen LogP contribution is 2.25. The number of nitriles is 1. The first-order valence-electron chi connectivity index (χ1n) is 6.30. The molecule has 0 aliphatic carbocycles. The molecule has 0 radical (unpaired) electrons. The molecule has 0 saturated heterocycles. The van der Waals surface area contributed by atoms with Crippen LogP contribution in [0.1, 0.15) is 18.4 Å². The molecular weight excluding hydrogens is 274 g/mol. The maximum absolute atomic E-state index is 12.0. The number of ether oxygens (including phenoxy) is 1. The summed E-state index contributed by atoms with van der Waals surface area (Å²) in [6.45, 7) is 0.330. The summed E-state index contributed by atoms with van der Waals surface area (Å²) in [5.74, 6) is -0.501. The summed E-state index contributed by atoms with van der Waals surface area (Å²) in [7, 11) is 3.02. The average molecular weight is 291 g/mol. The number of carbonyl (C=O) groups is 2. The van der Waals surface area contributed by atoms with E-state index in [0.29, 0.717) is 30.0 Å². The first kappa shape index (κ1) is 16.3. The molecule has 1 rings (SSSR count). The third-order valence-electron chi connectivity index (χ3n) is 2.80. The number of aliphatic carboxylic acids is 1. The first-order valence-corrected chi connectivity index (χ1v) is 6.30. The number of carboxylic acid groups (broad SMARTS) is 1. The zero-order chi connectivity index (χ0) is 15.8. The van der Waals surface area contributed by atoms with Crippen LogP contribution in [0.5, 0.6) is 5.75 Å². The number of nitrogens with zero attached hydrogens (tertiary/aromatic N) is 2. The molecule has 0 atom stereocenters. The van der Waals surface area contributed by atoms with Crippen LogP contribution in [-0.4, -0.2) is 42.7 Å². The van der Waals surface area contributed by atoms with Crippen molar-refractivity contribution in [1.29, 1.82) is 5.26 Å². The lowest BCUT2D eigenvalue weighted by molar-refractivity contribution is -0.137. The average Bonchev–Trinajstić information content (AvgIpc) is 2.46. The van der Waals surface area contributed by atoms with Gasteiger partial charge in [-0.3, -0.25) is 4.79 Å². The van der Waals surface area contributed by atoms with E-state index in [-0.39, 0.29) is 12.5 Å². The van der Waals surface area contributed by atoms with E-state index in [4.69, 9.17) is 15.1 Å². The maximum Gasteiger partial charge on any atom is 0.321 e. The number of nitrogens with one attached hydrogen (secondary N) is 1. The first-order chi connectivity index (χ1) is 9.97. The molecule has 112 valence electrons. The van der Waals surface area contributed by atoms with Crippen LogP contribution in [0.4, 0.5) is 10.5 Å². The second-order valence-electron chi connectivity index (χ2n) is 4.38. The van der Waals surface area contributed by atoms with Crippen molar-refractivity contribution >= 4 is 17.7 Å². The highest BCUT2D eigenvalue weighted by atomic mass is 16.5. The fourth-order valence-electron chi connectivity index (χ4n) is 1.64. The van der Waals surface area contributed by atoms with Gasteiger partial charge in [0.2, 0.25) is 0 Å². The Morgan fingerprint density at radius 3 is 2.76 bits per heavy atom. The number of urea groups is 1. The largest absolute Gasteiger partial charge is 0.495 e. The number of rotatable bonds is 6. The number of hydrogen-bond acceptors (Lipinski definition) is 4. The molecule has 0 aliphatic heterocycles. The Morgan fingerprint density at radius 1 is 1.48 bits per heavy atom. The fourth-order valence-corrected chi connectivity index (χ4v) is 1.64. The van der Waals surface area contributed by atoms with E-state index in [1.54, 1.807) is 19.2 Å². The Labute approximate surface area is 122 Å². The number of amides is 2. The van der Waals surface area contributed by atoms with Gasteiger partial charge in [0.05, 0.1) is 24.4 Å². The number of methoxy groups -OCH3 is 1. The van der Waals surface area contributed by atoms with E-state index in [9.17, 15) is 9.59 Å². The third-order valence-corrected chi connectivity index (χ3v) is 2.80. The molecule has 0 bridgehead atoms. The minimum atomic E-state index is -0.891. The van der Waals surface area contributed by atoms with Gasteiger partial charge in [0.1, 0.15) is 5.75 Å². The topological polar surface area (TPSA) is 103 Å². The van der Waals surface area contributed by atoms with Crippen LogP contribution >= 0.6 is 0 Å². The molecule has 0 fully saturated rings. The monoisotopic (exact) mass is 291 g/mol. The highest BCUT2D eigenvalue weighted by Gasteiger charge is 2.12. The van der Waals surface area contributed by atoms with Gasteiger partial charge in [-0.1, -0.05) is 0 Å². The summed E-state index contributed by atoms with van der Waals surface area (Å²) in [5, 5.41) is 20.0. The van der Waals surface area contributed by atoms with Gasteiger partial charge >= 0.3 is 12.0 Å². The molecular formula is C14H17N3O4. The maximum atomic E-state index is 12.0. The quantitative estimate of drug-likeness (QED) is 0.833. The van der Waals surface area contributed by atoms with Gasteiger partial charge in [-0.2, -0.15) is 5.26 Å². The van der Waals surface area contributed by atoms with Crippen molar-refractivity contribution in [3.05, 3.63) is 23.8 Å². The van der Waals surface area contributed by atoms with Crippen LogP contribution in [0.15, 0.2) is 18.2 Å². The van der Waals surface area contributed by atoms with Crippen LogP contribution < -0.4 is 10.1 Å². The zero-order valence-electron chi connectivity index (χ0n) is 11.9. The lowest BCUT2D eigenvalue weighted by atomic mass is 10.2. The van der Waals surface area contributed by atoms with Crippen molar-refractivity contribution in [3.8, 4) is 11.8 Å². The second-order valence-corrected chi connectivity index (χ2v) is 4.38. The van der Waals surface area contributed by atoms with Crippen molar-refractivity contribution in [2.45, 2.75) is 12.8 Å². The zero-order valence-corrected chi connectivity index (χ0v) is 11.9. The molecule has 1 aromatic carbocycles. The number of carboxylic acids is 1. The van der Waals surface area contributed by atoms with Crippen LogP contribution in [0.2, 0.25) is 0 Å². The van der Waals surface area contributed by atoms with Crippen LogP contribution in [-0.2, 0) is 4.79 Å². The molecule has 0 unspecified atom stereocenters. The summed E-state index contributed by atoms with van der Waals surface area (Å²) < 4.78 is 5.12. The third kappa shape index (κ3) is 5.03. The Balaban J connectivity index is 2.66. The van der Waals surface area contributed by atoms with Crippen molar-refractivity contribution in [2.75, 3.05) is 26.0 Å². The molecule has 2 N–H and O–H groups in total. The summed E-state index contributed by atoms with van der Waals surface area (Å²) in [5.41, 5.74) is 0.881. The summed E-state index contributed by atoms with van der Waals surface area (Å²) in [6.07, 6.45) is 0.390. The molecule has 0 saturated carbocycles. The molecule has 0 aromatic heterocycles. The standard InChI is InChI=1S/C14H17N3O4/c1-17(7-3-4-13(18)19)14(20)16-11-6-5-10(9-15)8-12(11)21-2/h5-6,8H,3-4,7H2,1-2H3,(H,16,20)(H,18,19). The minimum Gasteiger partial charge on any atom is -0.495 e. The molecule has 1 aromatic rings. The highest BCUT2D eigenvalue weighted by molar-refractivity contribution is 5.91. The molecule has 0 heterocycles. The molecule has 7 nitrogen and oxygen atoms in total. The van der Waals surface area contributed by atoms with Crippen molar-refractivity contribution in [3.63, 3.8) is 0 Å². The fraction of sp³-hybridized carbons (Fsp3) is 0.357. The number of carbonyl (C=O) groups excluding carboxylic acids is 1. The molecule has 2 amide bonds. The van der Waals surface area contributed by atoms with Crippen molar-refractivity contribution in [2.24, 2.45) is 0 Å². The molecule has 0 spiro atoms. The Kier molecular flexibility index (Phi) is 6.01. The second kappa shape index (κ2) is 7.75. The predicted molar refractivity (Wildman–Crippen MR) is 76.2 cm³/mol. The molecule has 21 heavy (non-hydrogen) atoms. The number of benzene rings is 1. The SMILES string of the molecule is COc1cc(C#N)ccc1NC(=O)N(C)CCCC(=O)O.